The van der Waals surface area contributed by atoms with E-state index in [-0.39, 0.29) is 37.7 Å². The molecule has 1 aromatic heterocycles. The number of alkyl halides is 2. The second-order valence-corrected chi connectivity index (χ2v) is 6.06. The molecule has 1 fully saturated rings. The van der Waals surface area contributed by atoms with E-state index in [2.05, 4.69) is 16.8 Å². The summed E-state index contributed by atoms with van der Waals surface area (Å²) in [4.78, 5) is 20.3. The fourth-order valence-electron chi connectivity index (χ4n) is 3.02. The number of hydrogen-bond donors (Lipinski definition) is 0. The summed E-state index contributed by atoms with van der Waals surface area (Å²) in [5.74, 6) is -2.22. The summed E-state index contributed by atoms with van der Waals surface area (Å²) in [6.45, 7) is 4.83. The highest BCUT2D eigenvalue weighted by atomic mass is 19.3. The van der Waals surface area contributed by atoms with Crippen LogP contribution >= 0.6 is 0 Å². The van der Waals surface area contributed by atoms with E-state index in [1.807, 2.05) is 0 Å². The normalized spacial score (nSPS) is 21.7. The van der Waals surface area contributed by atoms with Crippen LogP contribution in [0.2, 0.25) is 0 Å². The Hall–Kier alpha value is -1.50. The van der Waals surface area contributed by atoms with Crippen LogP contribution in [0.15, 0.2) is 4.42 Å². The Labute approximate surface area is 128 Å². The molecular formula is C15H21F2N3O2. The zero-order valence-electron chi connectivity index (χ0n) is 12.8. The Morgan fingerprint density at radius 2 is 2.05 bits per heavy atom. The van der Waals surface area contributed by atoms with Crippen molar-refractivity contribution in [2.24, 2.45) is 0 Å². The first-order valence-electron chi connectivity index (χ1n) is 7.86. The topological polar surface area (TPSA) is 49.6 Å². The lowest BCUT2D eigenvalue weighted by Gasteiger charge is -2.30. The van der Waals surface area contributed by atoms with Crippen molar-refractivity contribution in [1.82, 2.24) is 14.8 Å². The van der Waals surface area contributed by atoms with E-state index >= 15 is 0 Å². The van der Waals surface area contributed by atoms with Gasteiger partial charge in [0.05, 0.1) is 5.69 Å². The standard InChI is InChI=1S/C15H21F2N3O2/c1-2-6-19-7-3-12-11(10-19)18-13(22-12)14(21)20-8-4-15(16,17)5-9-20/h2-10H2,1H3. The molecule has 7 heteroatoms. The number of fused-ring (bicyclic) bond motifs is 1. The third-order valence-electron chi connectivity index (χ3n) is 4.31. The zero-order chi connectivity index (χ0) is 15.7. The van der Waals surface area contributed by atoms with Crippen LogP contribution in [0.3, 0.4) is 0 Å². The van der Waals surface area contributed by atoms with Gasteiger partial charge in [-0.05, 0) is 13.0 Å². The Kier molecular flexibility index (Phi) is 4.16. The largest absolute Gasteiger partial charge is 0.437 e. The highest BCUT2D eigenvalue weighted by molar-refractivity contribution is 5.89. The molecule has 0 bridgehead atoms. The smallest absolute Gasteiger partial charge is 0.309 e. The summed E-state index contributed by atoms with van der Waals surface area (Å²) in [7, 11) is 0. The second kappa shape index (κ2) is 5.95. The van der Waals surface area contributed by atoms with Gasteiger partial charge >= 0.3 is 5.91 Å². The zero-order valence-corrected chi connectivity index (χ0v) is 12.8. The average Bonchev–Trinajstić information content (AvgIpc) is 2.90. The summed E-state index contributed by atoms with van der Waals surface area (Å²) in [6, 6.07) is 0. The van der Waals surface area contributed by atoms with Gasteiger partial charge in [0.25, 0.3) is 11.8 Å². The fourth-order valence-corrected chi connectivity index (χ4v) is 3.02. The lowest BCUT2D eigenvalue weighted by Crippen LogP contribution is -2.42. The molecule has 0 aromatic carbocycles. The molecule has 122 valence electrons. The predicted octanol–water partition coefficient (Wildman–Crippen LogP) is 2.31. The minimum atomic E-state index is -2.66. The first-order valence-corrected chi connectivity index (χ1v) is 7.86. The van der Waals surface area contributed by atoms with E-state index in [0.29, 0.717) is 6.54 Å². The van der Waals surface area contributed by atoms with Gasteiger partial charge in [-0.15, -0.1) is 0 Å². The Bertz CT molecular complexity index is 549. The third kappa shape index (κ3) is 3.14. The number of carbonyl (C=O) groups is 1. The van der Waals surface area contributed by atoms with Crippen LogP contribution < -0.4 is 0 Å². The number of amides is 1. The van der Waals surface area contributed by atoms with Crippen molar-refractivity contribution in [3.8, 4) is 0 Å². The predicted molar refractivity (Wildman–Crippen MR) is 75.9 cm³/mol. The van der Waals surface area contributed by atoms with Gasteiger partial charge in [-0.3, -0.25) is 9.69 Å². The van der Waals surface area contributed by atoms with Gasteiger partial charge in [0, 0.05) is 45.4 Å². The first kappa shape index (κ1) is 15.4. The van der Waals surface area contributed by atoms with Crippen LogP contribution in [0.4, 0.5) is 8.78 Å². The van der Waals surface area contributed by atoms with Gasteiger partial charge in [0.1, 0.15) is 5.76 Å². The number of aromatic nitrogens is 1. The van der Waals surface area contributed by atoms with Crippen molar-refractivity contribution in [2.45, 2.75) is 45.1 Å². The quantitative estimate of drug-likeness (QED) is 0.859. The van der Waals surface area contributed by atoms with Gasteiger partial charge < -0.3 is 9.32 Å². The van der Waals surface area contributed by atoms with Crippen molar-refractivity contribution in [3.05, 3.63) is 17.3 Å². The Balaban J connectivity index is 1.67. The van der Waals surface area contributed by atoms with E-state index in [0.717, 1.165) is 37.4 Å². The molecule has 1 saturated heterocycles. The molecule has 3 rings (SSSR count). The van der Waals surface area contributed by atoms with E-state index in [1.165, 1.54) is 4.90 Å². The molecule has 0 saturated carbocycles. The second-order valence-electron chi connectivity index (χ2n) is 6.06. The highest BCUT2D eigenvalue weighted by Gasteiger charge is 2.37. The lowest BCUT2D eigenvalue weighted by atomic mass is 10.1. The van der Waals surface area contributed by atoms with Gasteiger partial charge in [-0.25, -0.2) is 13.8 Å². The molecule has 2 aliphatic rings. The molecule has 1 aromatic rings. The Morgan fingerprint density at radius 1 is 1.32 bits per heavy atom. The maximum atomic E-state index is 13.2. The molecular weight excluding hydrogens is 292 g/mol. The van der Waals surface area contributed by atoms with Gasteiger partial charge in [-0.1, -0.05) is 6.92 Å². The van der Waals surface area contributed by atoms with Crippen molar-refractivity contribution in [1.29, 1.82) is 0 Å². The molecule has 5 nitrogen and oxygen atoms in total. The summed E-state index contributed by atoms with van der Waals surface area (Å²) < 4.78 is 31.9. The van der Waals surface area contributed by atoms with Gasteiger partial charge in [0.2, 0.25) is 0 Å². The van der Waals surface area contributed by atoms with E-state index in [1.54, 1.807) is 0 Å². The monoisotopic (exact) mass is 313 g/mol. The molecule has 0 radical (unpaired) electrons. The van der Waals surface area contributed by atoms with Crippen molar-refractivity contribution < 1.29 is 18.0 Å². The lowest BCUT2D eigenvalue weighted by molar-refractivity contribution is -0.0499. The number of oxazole rings is 1. The minimum absolute atomic E-state index is 0.0496. The minimum Gasteiger partial charge on any atom is -0.437 e. The van der Waals surface area contributed by atoms with E-state index < -0.39 is 5.92 Å². The van der Waals surface area contributed by atoms with Crippen LogP contribution in [0.25, 0.3) is 0 Å². The van der Waals surface area contributed by atoms with E-state index in [9.17, 15) is 13.6 Å². The summed E-state index contributed by atoms with van der Waals surface area (Å²) >= 11 is 0. The molecule has 0 N–H and O–H groups in total. The Morgan fingerprint density at radius 3 is 2.73 bits per heavy atom. The molecule has 0 atom stereocenters. The molecule has 22 heavy (non-hydrogen) atoms. The fraction of sp³-hybridized carbons (Fsp3) is 0.733. The van der Waals surface area contributed by atoms with Crippen LogP contribution in [0.5, 0.6) is 0 Å². The van der Waals surface area contributed by atoms with Crippen LogP contribution in [0.1, 0.15) is 48.3 Å². The average molecular weight is 313 g/mol. The maximum Gasteiger partial charge on any atom is 0.309 e. The molecule has 0 unspecified atom stereocenters. The number of halogens is 2. The number of hydrogen-bond acceptors (Lipinski definition) is 4. The number of piperidine rings is 1. The summed E-state index contributed by atoms with van der Waals surface area (Å²) in [6.07, 6.45) is 1.24. The first-order chi connectivity index (χ1) is 10.5. The van der Waals surface area contributed by atoms with Crippen molar-refractivity contribution in [2.75, 3.05) is 26.2 Å². The number of carbonyl (C=O) groups excluding carboxylic acids is 1. The van der Waals surface area contributed by atoms with Crippen LogP contribution in [-0.2, 0) is 13.0 Å². The van der Waals surface area contributed by atoms with Gasteiger partial charge in [-0.2, -0.15) is 0 Å². The molecule has 1 amide bonds. The number of likely N-dealkylation sites (tertiary alicyclic amines) is 1. The highest BCUT2D eigenvalue weighted by Crippen LogP contribution is 2.29. The maximum absolute atomic E-state index is 13.2. The molecule has 3 heterocycles. The van der Waals surface area contributed by atoms with Crippen molar-refractivity contribution >= 4 is 5.91 Å². The van der Waals surface area contributed by atoms with Crippen LogP contribution in [-0.4, -0.2) is 52.8 Å². The molecule has 0 aliphatic carbocycles. The third-order valence-corrected chi connectivity index (χ3v) is 4.31. The van der Waals surface area contributed by atoms with E-state index in [4.69, 9.17) is 4.42 Å². The van der Waals surface area contributed by atoms with Crippen molar-refractivity contribution in [3.63, 3.8) is 0 Å². The number of rotatable bonds is 3. The SMILES string of the molecule is CCCN1CCc2oc(C(=O)N3CCC(F)(F)CC3)nc2C1. The summed E-state index contributed by atoms with van der Waals surface area (Å²) in [5.41, 5.74) is 0.811. The van der Waals surface area contributed by atoms with Crippen LogP contribution in [0, 0.1) is 0 Å². The van der Waals surface area contributed by atoms with Gasteiger partial charge in [0.15, 0.2) is 0 Å². The number of nitrogens with zero attached hydrogens (tertiary/aromatic N) is 3. The molecule has 2 aliphatic heterocycles. The summed E-state index contributed by atoms with van der Waals surface area (Å²) in [5, 5.41) is 0. The molecule has 0 spiro atoms.